The number of amides is 4. The summed E-state index contributed by atoms with van der Waals surface area (Å²) in [4.78, 5) is 57.7. The molecule has 2 atom stereocenters. The summed E-state index contributed by atoms with van der Waals surface area (Å²) in [5, 5.41) is 0.805. The molecule has 8 heteroatoms. The van der Waals surface area contributed by atoms with Crippen LogP contribution in [0.3, 0.4) is 0 Å². The Labute approximate surface area is 241 Å². The second kappa shape index (κ2) is 12.0. The Balaban J connectivity index is 1.82. The van der Waals surface area contributed by atoms with Gasteiger partial charge in [0.25, 0.3) is 23.6 Å². The lowest BCUT2D eigenvalue weighted by molar-refractivity contribution is 0.0558. The summed E-state index contributed by atoms with van der Waals surface area (Å²) in [5.74, 6) is -1.07. The van der Waals surface area contributed by atoms with Crippen LogP contribution in [0.2, 0.25) is 0 Å². The molecular weight excluding hydrogens is 612 g/mol. The number of rotatable bonds is 12. The van der Waals surface area contributed by atoms with Crippen molar-refractivity contribution >= 4 is 66.3 Å². The highest BCUT2D eigenvalue weighted by atomic mass is 79.9. The van der Waals surface area contributed by atoms with E-state index < -0.39 is 0 Å². The van der Waals surface area contributed by atoms with Crippen LogP contribution in [0.5, 0.6) is 0 Å². The van der Waals surface area contributed by atoms with Crippen LogP contribution in [-0.4, -0.2) is 46.5 Å². The predicted molar refractivity (Wildman–Crippen MR) is 157 cm³/mol. The number of nitrogens with zero attached hydrogens (tertiary/aromatic N) is 2. The molecule has 2 aliphatic heterocycles. The van der Waals surface area contributed by atoms with E-state index in [2.05, 4.69) is 59.6 Å². The van der Waals surface area contributed by atoms with Gasteiger partial charge >= 0.3 is 0 Å². The summed E-state index contributed by atoms with van der Waals surface area (Å²) in [5.41, 5.74) is 1.39. The Hall–Kier alpha value is -2.06. The van der Waals surface area contributed by atoms with E-state index in [0.717, 1.165) is 51.4 Å². The van der Waals surface area contributed by atoms with Crippen LogP contribution in [0, 0.1) is 11.8 Å². The lowest BCUT2D eigenvalue weighted by atomic mass is 9.85. The van der Waals surface area contributed by atoms with Crippen LogP contribution in [0.4, 0.5) is 0 Å². The number of imide groups is 2. The first-order valence-corrected chi connectivity index (χ1v) is 15.5. The molecule has 204 valence electrons. The number of carbonyl (C=O) groups excluding carboxylic acids is 4. The van der Waals surface area contributed by atoms with E-state index in [9.17, 15) is 19.2 Å². The minimum atomic E-state index is -0.378. The number of halogens is 2. The minimum absolute atomic E-state index is 0.218. The van der Waals surface area contributed by atoms with Gasteiger partial charge in [0, 0.05) is 43.9 Å². The summed E-state index contributed by atoms with van der Waals surface area (Å²) in [6, 6.07) is 3.32. The van der Waals surface area contributed by atoms with Gasteiger partial charge in [-0.25, -0.2) is 0 Å². The molecule has 0 unspecified atom stereocenters. The van der Waals surface area contributed by atoms with Crippen molar-refractivity contribution in [1.29, 1.82) is 0 Å². The van der Waals surface area contributed by atoms with Gasteiger partial charge in [-0.05, 0) is 68.7 Å². The largest absolute Gasteiger partial charge is 0.274 e. The van der Waals surface area contributed by atoms with Gasteiger partial charge in [0.15, 0.2) is 0 Å². The van der Waals surface area contributed by atoms with Crippen LogP contribution in [0.15, 0.2) is 21.1 Å². The number of hydrogen-bond acceptors (Lipinski definition) is 4. The first kappa shape index (κ1) is 28.9. The lowest BCUT2D eigenvalue weighted by Gasteiger charge is -2.35. The first-order valence-electron chi connectivity index (χ1n) is 13.9. The second-order valence-corrected chi connectivity index (χ2v) is 12.3. The predicted octanol–water partition coefficient (Wildman–Crippen LogP) is 7.99. The van der Waals surface area contributed by atoms with Crippen molar-refractivity contribution in [3.05, 3.63) is 43.3 Å². The van der Waals surface area contributed by atoms with Crippen LogP contribution >= 0.6 is 31.9 Å². The second-order valence-electron chi connectivity index (χ2n) is 10.6. The zero-order valence-corrected chi connectivity index (χ0v) is 25.8. The maximum Gasteiger partial charge on any atom is 0.262 e. The third kappa shape index (κ3) is 4.99. The summed E-state index contributed by atoms with van der Waals surface area (Å²) in [7, 11) is 0. The third-order valence-corrected chi connectivity index (χ3v) is 9.40. The summed E-state index contributed by atoms with van der Waals surface area (Å²) >= 11 is 7.11. The zero-order chi connectivity index (χ0) is 27.7. The molecule has 2 aliphatic rings. The molecule has 38 heavy (non-hydrogen) atoms. The van der Waals surface area contributed by atoms with Crippen molar-refractivity contribution in [3.63, 3.8) is 0 Å². The molecule has 2 aromatic rings. The van der Waals surface area contributed by atoms with Crippen molar-refractivity contribution in [2.24, 2.45) is 11.8 Å². The summed E-state index contributed by atoms with van der Waals surface area (Å²) in [6.45, 7) is 9.13. The van der Waals surface area contributed by atoms with E-state index in [4.69, 9.17) is 0 Å². The van der Waals surface area contributed by atoms with Crippen LogP contribution < -0.4 is 0 Å². The van der Waals surface area contributed by atoms with E-state index in [-0.39, 0.29) is 35.5 Å². The van der Waals surface area contributed by atoms with Crippen LogP contribution in [-0.2, 0) is 0 Å². The van der Waals surface area contributed by atoms with Gasteiger partial charge in [0.1, 0.15) is 0 Å². The van der Waals surface area contributed by atoms with Crippen molar-refractivity contribution in [2.75, 3.05) is 13.1 Å². The standard InChI is InChI=1S/C30H36Br2N2O4/c1-5-9-11-17(7-3)15-33-27(35)19-13-22(32)26-24-20(14-21(31)25(23(19)24)29(33)37)28(36)34(30(26)38)16-18(8-4)12-10-6-2/h13-14,17-18H,5-12,15-16H2,1-4H3/t17-,18+. The van der Waals surface area contributed by atoms with Gasteiger partial charge in [-0.15, -0.1) is 0 Å². The Bertz CT molecular complexity index is 1210. The van der Waals surface area contributed by atoms with E-state index in [1.54, 1.807) is 12.1 Å². The summed E-state index contributed by atoms with van der Waals surface area (Å²) in [6.07, 6.45) is 7.84. The average Bonchev–Trinajstić information content (AvgIpc) is 2.90. The highest BCUT2D eigenvalue weighted by molar-refractivity contribution is 9.10. The molecule has 4 rings (SSSR count). The van der Waals surface area contributed by atoms with Crippen molar-refractivity contribution < 1.29 is 19.2 Å². The molecule has 0 saturated heterocycles. The Morgan fingerprint density at radius 2 is 1.00 bits per heavy atom. The number of carbonyl (C=O) groups is 4. The Morgan fingerprint density at radius 1 is 0.632 bits per heavy atom. The molecule has 0 fully saturated rings. The fourth-order valence-corrected chi connectivity index (χ4v) is 6.95. The quantitative estimate of drug-likeness (QED) is 0.219. The van der Waals surface area contributed by atoms with Gasteiger partial charge < -0.3 is 0 Å². The normalized spacial score (nSPS) is 16.6. The zero-order valence-electron chi connectivity index (χ0n) is 22.7. The molecule has 4 amide bonds. The fourth-order valence-electron chi connectivity index (χ4n) is 5.75. The van der Waals surface area contributed by atoms with Gasteiger partial charge in [0.2, 0.25) is 0 Å². The molecule has 0 N–H and O–H groups in total. The third-order valence-electron chi connectivity index (χ3n) is 8.15. The average molecular weight is 648 g/mol. The van der Waals surface area contributed by atoms with Gasteiger partial charge in [-0.1, -0.05) is 66.2 Å². The SMILES string of the molecule is CCCC[C@@H](CC)CN1C(=O)c2cc(Br)c3c4c(cc(Br)c(c24)C1=O)C(=O)N(C[C@@H](CC)CCCC)C3=O. The molecule has 6 nitrogen and oxygen atoms in total. The van der Waals surface area contributed by atoms with E-state index in [1.165, 1.54) is 9.80 Å². The number of unbranched alkanes of at least 4 members (excludes halogenated alkanes) is 2. The monoisotopic (exact) mass is 646 g/mol. The molecule has 0 saturated carbocycles. The molecule has 2 aromatic carbocycles. The van der Waals surface area contributed by atoms with Crippen molar-refractivity contribution in [2.45, 2.75) is 79.1 Å². The number of benzene rings is 2. The van der Waals surface area contributed by atoms with E-state index in [0.29, 0.717) is 55.1 Å². The molecule has 0 bridgehead atoms. The fraction of sp³-hybridized carbons (Fsp3) is 0.533. The smallest absolute Gasteiger partial charge is 0.262 e. The Morgan fingerprint density at radius 3 is 1.32 bits per heavy atom. The minimum Gasteiger partial charge on any atom is -0.274 e. The van der Waals surface area contributed by atoms with Crippen molar-refractivity contribution in [3.8, 4) is 0 Å². The maximum atomic E-state index is 13.8. The summed E-state index contributed by atoms with van der Waals surface area (Å²) < 4.78 is 0.943. The Kier molecular flexibility index (Phi) is 9.13. The lowest BCUT2D eigenvalue weighted by Crippen LogP contribution is -2.46. The highest BCUT2D eigenvalue weighted by Crippen LogP contribution is 2.44. The van der Waals surface area contributed by atoms with Gasteiger partial charge in [-0.3, -0.25) is 29.0 Å². The topological polar surface area (TPSA) is 74.8 Å². The van der Waals surface area contributed by atoms with Crippen LogP contribution in [0.25, 0.3) is 10.8 Å². The first-order chi connectivity index (χ1) is 18.2. The van der Waals surface area contributed by atoms with Crippen molar-refractivity contribution in [1.82, 2.24) is 9.80 Å². The van der Waals surface area contributed by atoms with E-state index >= 15 is 0 Å². The van der Waals surface area contributed by atoms with Gasteiger partial charge in [0.05, 0.1) is 11.1 Å². The molecular formula is C30H36Br2N2O4. The highest BCUT2D eigenvalue weighted by Gasteiger charge is 2.42. The molecule has 2 heterocycles. The van der Waals surface area contributed by atoms with Crippen LogP contribution in [0.1, 0.15) is 120 Å². The molecule has 0 spiro atoms. The van der Waals surface area contributed by atoms with Gasteiger partial charge in [-0.2, -0.15) is 0 Å². The molecule has 0 radical (unpaired) electrons. The maximum absolute atomic E-state index is 13.8. The molecule has 0 aromatic heterocycles. The van der Waals surface area contributed by atoms with E-state index in [1.807, 2.05) is 0 Å². The number of hydrogen-bond donors (Lipinski definition) is 0. The molecule has 0 aliphatic carbocycles.